The summed E-state index contributed by atoms with van der Waals surface area (Å²) in [7, 11) is 1.69. The summed E-state index contributed by atoms with van der Waals surface area (Å²) < 4.78 is 26.7. The van der Waals surface area contributed by atoms with E-state index in [-0.39, 0.29) is 11.5 Å². The highest BCUT2D eigenvalue weighted by Crippen LogP contribution is 2.33. The molecule has 0 saturated carbocycles. The molecule has 1 spiro atoms. The molecule has 2 heterocycles. The monoisotopic (exact) mass is 218 g/mol. The second-order valence-corrected chi connectivity index (χ2v) is 4.08. The molecule has 2 rings (SSSR count). The minimum Gasteiger partial charge on any atom is -0.385 e. The zero-order valence-corrected chi connectivity index (χ0v) is 9.07. The first-order chi connectivity index (χ1) is 7.37. The van der Waals surface area contributed by atoms with Crippen molar-refractivity contribution in [3.63, 3.8) is 0 Å². The Morgan fingerprint density at radius 2 is 1.80 bits per heavy atom. The summed E-state index contributed by atoms with van der Waals surface area (Å²) in [5.74, 6) is 0. The summed E-state index contributed by atoms with van der Waals surface area (Å²) in [5, 5.41) is 0. The molecule has 1 unspecified atom stereocenters. The lowest BCUT2D eigenvalue weighted by atomic mass is 9.82. The SMILES string of the molecule is COCCC1OCOCC12COCOC2. The van der Waals surface area contributed by atoms with Crippen LogP contribution in [0.3, 0.4) is 0 Å². The van der Waals surface area contributed by atoms with Gasteiger partial charge in [-0.15, -0.1) is 0 Å². The van der Waals surface area contributed by atoms with Crippen LogP contribution in [-0.4, -0.2) is 53.2 Å². The van der Waals surface area contributed by atoms with Gasteiger partial charge in [0.15, 0.2) is 0 Å². The summed E-state index contributed by atoms with van der Waals surface area (Å²) in [6, 6.07) is 0. The summed E-state index contributed by atoms with van der Waals surface area (Å²) in [6.45, 7) is 3.34. The Kier molecular flexibility index (Phi) is 3.93. The molecule has 1 atom stereocenters. The molecule has 15 heavy (non-hydrogen) atoms. The van der Waals surface area contributed by atoms with E-state index in [1.807, 2.05) is 0 Å². The zero-order chi connectivity index (χ0) is 10.6. The second-order valence-electron chi connectivity index (χ2n) is 4.08. The van der Waals surface area contributed by atoms with Gasteiger partial charge in [0.25, 0.3) is 0 Å². The topological polar surface area (TPSA) is 46.2 Å². The van der Waals surface area contributed by atoms with Crippen molar-refractivity contribution >= 4 is 0 Å². The average molecular weight is 218 g/mol. The van der Waals surface area contributed by atoms with Crippen LogP contribution in [0.1, 0.15) is 6.42 Å². The van der Waals surface area contributed by atoms with Crippen molar-refractivity contribution < 1.29 is 23.7 Å². The highest BCUT2D eigenvalue weighted by atomic mass is 16.7. The number of hydrogen-bond acceptors (Lipinski definition) is 5. The fourth-order valence-electron chi connectivity index (χ4n) is 2.12. The van der Waals surface area contributed by atoms with Crippen molar-refractivity contribution in [2.45, 2.75) is 12.5 Å². The van der Waals surface area contributed by atoms with Gasteiger partial charge < -0.3 is 23.7 Å². The lowest BCUT2D eigenvalue weighted by Crippen LogP contribution is -2.54. The van der Waals surface area contributed by atoms with Crippen LogP contribution < -0.4 is 0 Å². The molecular formula is C10H18O5. The standard InChI is InChI=1S/C10H18O5/c1-11-3-2-9-10(6-14-8-15-9)4-12-7-13-5-10/h9H,2-8H2,1H3. The number of rotatable bonds is 3. The van der Waals surface area contributed by atoms with Crippen LogP contribution >= 0.6 is 0 Å². The fraction of sp³-hybridized carbons (Fsp3) is 1.00. The van der Waals surface area contributed by atoms with Crippen molar-refractivity contribution in [1.29, 1.82) is 0 Å². The van der Waals surface area contributed by atoms with E-state index in [4.69, 9.17) is 23.7 Å². The third kappa shape index (κ3) is 2.49. The van der Waals surface area contributed by atoms with Gasteiger partial charge in [0.1, 0.15) is 13.6 Å². The first-order valence-corrected chi connectivity index (χ1v) is 5.21. The number of ether oxygens (including phenoxy) is 5. The molecule has 0 aromatic heterocycles. The molecule has 88 valence electrons. The zero-order valence-electron chi connectivity index (χ0n) is 9.07. The summed E-state index contributed by atoms with van der Waals surface area (Å²) in [4.78, 5) is 0. The van der Waals surface area contributed by atoms with Crippen molar-refractivity contribution in [1.82, 2.24) is 0 Å². The Morgan fingerprint density at radius 3 is 2.47 bits per heavy atom. The average Bonchev–Trinajstić information content (AvgIpc) is 2.29. The van der Waals surface area contributed by atoms with Crippen LogP contribution in [0.15, 0.2) is 0 Å². The van der Waals surface area contributed by atoms with Gasteiger partial charge >= 0.3 is 0 Å². The lowest BCUT2D eigenvalue weighted by molar-refractivity contribution is -0.278. The summed E-state index contributed by atoms with van der Waals surface area (Å²) in [5.41, 5.74) is -0.144. The first kappa shape index (κ1) is 11.3. The third-order valence-electron chi connectivity index (χ3n) is 2.95. The van der Waals surface area contributed by atoms with Crippen molar-refractivity contribution in [2.75, 3.05) is 47.1 Å². The Labute approximate surface area is 89.6 Å². The van der Waals surface area contributed by atoms with Crippen LogP contribution in [0.4, 0.5) is 0 Å². The summed E-state index contributed by atoms with van der Waals surface area (Å²) in [6.07, 6.45) is 0.957. The van der Waals surface area contributed by atoms with Crippen LogP contribution in [0, 0.1) is 5.41 Å². The Balaban J connectivity index is 1.97. The predicted octanol–water partition coefficient (Wildman–Crippen LogP) is 0.386. The normalized spacial score (nSPS) is 30.6. The summed E-state index contributed by atoms with van der Waals surface area (Å²) >= 11 is 0. The Morgan fingerprint density at radius 1 is 1.13 bits per heavy atom. The van der Waals surface area contributed by atoms with Gasteiger partial charge in [-0.1, -0.05) is 0 Å². The molecule has 0 aliphatic carbocycles. The van der Waals surface area contributed by atoms with Gasteiger partial charge in [-0.05, 0) is 6.42 Å². The van der Waals surface area contributed by atoms with Crippen molar-refractivity contribution in [3.05, 3.63) is 0 Å². The molecule has 2 fully saturated rings. The minimum atomic E-state index is -0.144. The first-order valence-electron chi connectivity index (χ1n) is 5.21. The lowest BCUT2D eigenvalue weighted by Gasteiger charge is -2.44. The van der Waals surface area contributed by atoms with Gasteiger partial charge in [0.2, 0.25) is 0 Å². The van der Waals surface area contributed by atoms with E-state index in [1.54, 1.807) is 7.11 Å². The van der Waals surface area contributed by atoms with Gasteiger partial charge in [0, 0.05) is 13.7 Å². The highest BCUT2D eigenvalue weighted by Gasteiger charge is 2.44. The van der Waals surface area contributed by atoms with E-state index in [2.05, 4.69) is 0 Å². The van der Waals surface area contributed by atoms with E-state index in [0.29, 0.717) is 40.0 Å². The highest BCUT2D eigenvalue weighted by molar-refractivity contribution is 4.90. The van der Waals surface area contributed by atoms with E-state index >= 15 is 0 Å². The van der Waals surface area contributed by atoms with Gasteiger partial charge in [-0.3, -0.25) is 0 Å². The smallest absolute Gasteiger partial charge is 0.147 e. The maximum Gasteiger partial charge on any atom is 0.147 e. The molecule has 0 N–H and O–H groups in total. The van der Waals surface area contributed by atoms with Gasteiger partial charge in [-0.2, -0.15) is 0 Å². The molecule has 0 bridgehead atoms. The number of hydrogen-bond donors (Lipinski definition) is 0. The largest absolute Gasteiger partial charge is 0.385 e. The van der Waals surface area contributed by atoms with Gasteiger partial charge in [-0.25, -0.2) is 0 Å². The molecule has 0 radical (unpaired) electrons. The Hall–Kier alpha value is -0.200. The molecule has 0 aromatic carbocycles. The van der Waals surface area contributed by atoms with E-state index in [9.17, 15) is 0 Å². The van der Waals surface area contributed by atoms with Crippen LogP contribution in [0.2, 0.25) is 0 Å². The third-order valence-corrected chi connectivity index (χ3v) is 2.95. The molecule has 5 nitrogen and oxygen atoms in total. The van der Waals surface area contributed by atoms with E-state index in [1.165, 1.54) is 0 Å². The van der Waals surface area contributed by atoms with E-state index < -0.39 is 0 Å². The van der Waals surface area contributed by atoms with Crippen molar-refractivity contribution in [3.8, 4) is 0 Å². The van der Waals surface area contributed by atoms with E-state index in [0.717, 1.165) is 6.42 Å². The molecule has 5 heteroatoms. The number of methoxy groups -OCH3 is 1. The van der Waals surface area contributed by atoms with Crippen molar-refractivity contribution in [2.24, 2.45) is 5.41 Å². The predicted molar refractivity (Wildman–Crippen MR) is 51.4 cm³/mol. The molecule has 2 aliphatic heterocycles. The molecule has 0 amide bonds. The van der Waals surface area contributed by atoms with Gasteiger partial charge in [0.05, 0.1) is 31.3 Å². The maximum atomic E-state index is 5.61. The van der Waals surface area contributed by atoms with Crippen LogP contribution in [-0.2, 0) is 23.7 Å². The quantitative estimate of drug-likeness (QED) is 0.685. The fourth-order valence-corrected chi connectivity index (χ4v) is 2.12. The maximum absolute atomic E-state index is 5.61. The Bertz CT molecular complexity index is 182. The molecular weight excluding hydrogens is 200 g/mol. The molecule has 2 aliphatic rings. The minimum absolute atomic E-state index is 0.103. The molecule has 2 saturated heterocycles. The second kappa shape index (κ2) is 5.23. The van der Waals surface area contributed by atoms with Crippen LogP contribution in [0.25, 0.3) is 0 Å². The molecule has 0 aromatic rings. The van der Waals surface area contributed by atoms with Crippen LogP contribution in [0.5, 0.6) is 0 Å².